The Morgan fingerprint density at radius 1 is 1.38 bits per heavy atom. The number of allylic oxidation sites excluding steroid dienone is 1. The van der Waals surface area contributed by atoms with E-state index in [0.29, 0.717) is 18.9 Å². The minimum Gasteiger partial charge on any atom is -0.462 e. The predicted molar refractivity (Wildman–Crippen MR) is 96.3 cm³/mol. The van der Waals surface area contributed by atoms with Crippen LogP contribution in [0.25, 0.3) is 0 Å². The Bertz CT molecular complexity index is 623. The van der Waals surface area contributed by atoms with E-state index >= 15 is 0 Å². The number of carbonyl (C=O) groups is 1. The van der Waals surface area contributed by atoms with E-state index in [1.165, 1.54) is 0 Å². The second kappa shape index (κ2) is 8.05. The van der Waals surface area contributed by atoms with E-state index in [0.717, 1.165) is 11.2 Å². The first kappa shape index (κ1) is 18.8. The molecule has 0 unspecified atom stereocenters. The number of halogens is 1. The van der Waals surface area contributed by atoms with Gasteiger partial charge in [0, 0.05) is 30.0 Å². The number of benzene rings is 1. The number of esters is 1. The molecule has 1 heterocycles. The van der Waals surface area contributed by atoms with Gasteiger partial charge >= 0.3 is 13.1 Å². The summed E-state index contributed by atoms with van der Waals surface area (Å²) in [6, 6.07) is 7.65. The Hall–Kier alpha value is -1.50. The first-order valence-corrected chi connectivity index (χ1v) is 8.34. The number of hydrogen-bond donors (Lipinski definition) is 1. The highest BCUT2D eigenvalue weighted by molar-refractivity contribution is 6.61. The zero-order valence-corrected chi connectivity index (χ0v) is 15.3. The topological polar surface area (TPSA) is 56.8 Å². The normalized spacial score (nSPS) is 18.0. The van der Waals surface area contributed by atoms with Crippen LogP contribution in [0.15, 0.2) is 35.0 Å². The predicted octanol–water partition coefficient (Wildman–Crippen LogP) is 2.90. The van der Waals surface area contributed by atoms with Crippen LogP contribution in [0.5, 0.6) is 0 Å². The van der Waals surface area contributed by atoms with E-state index in [2.05, 4.69) is 19.2 Å². The number of ether oxygens (including phenoxy) is 1. The molecular weight excluding hydrogens is 328 g/mol. The molecule has 2 rings (SSSR count). The van der Waals surface area contributed by atoms with Crippen molar-refractivity contribution in [3.05, 3.63) is 35.0 Å². The molecule has 1 N–H and O–H groups in total. The molecule has 0 aliphatic carbocycles. The largest absolute Gasteiger partial charge is 0.493 e. The summed E-state index contributed by atoms with van der Waals surface area (Å²) in [6.07, 6.45) is 0. The van der Waals surface area contributed by atoms with Crippen molar-refractivity contribution in [2.45, 2.75) is 27.7 Å². The van der Waals surface area contributed by atoms with Crippen LogP contribution in [-0.2, 0) is 18.8 Å². The SMILES string of the molecule is CCOC(=O)C(Cl)=C(C)Nc1cccc(B2OCC(C)(C)CO2)c1. The van der Waals surface area contributed by atoms with Crippen LogP contribution in [0.3, 0.4) is 0 Å². The van der Waals surface area contributed by atoms with Crippen LogP contribution >= 0.6 is 11.6 Å². The van der Waals surface area contributed by atoms with Gasteiger partial charge in [-0.15, -0.1) is 0 Å². The molecule has 1 aromatic rings. The Balaban J connectivity index is 2.08. The van der Waals surface area contributed by atoms with Crippen LogP contribution in [0.4, 0.5) is 5.69 Å². The quantitative estimate of drug-likeness (QED) is 0.502. The summed E-state index contributed by atoms with van der Waals surface area (Å²) in [7, 11) is -0.385. The summed E-state index contributed by atoms with van der Waals surface area (Å²) in [5, 5.41) is 3.15. The van der Waals surface area contributed by atoms with Gasteiger partial charge in [-0.3, -0.25) is 0 Å². The van der Waals surface area contributed by atoms with E-state index in [9.17, 15) is 4.79 Å². The van der Waals surface area contributed by atoms with Crippen LogP contribution in [0.2, 0.25) is 0 Å². The third-order valence-electron chi connectivity index (χ3n) is 3.53. The van der Waals surface area contributed by atoms with Gasteiger partial charge in [-0.1, -0.05) is 37.6 Å². The van der Waals surface area contributed by atoms with Gasteiger partial charge in [-0.25, -0.2) is 4.79 Å². The molecule has 0 saturated carbocycles. The molecule has 1 fully saturated rings. The lowest BCUT2D eigenvalue weighted by Crippen LogP contribution is -2.47. The molecule has 0 aromatic heterocycles. The van der Waals surface area contributed by atoms with Crippen molar-refractivity contribution in [1.29, 1.82) is 0 Å². The highest BCUT2D eigenvalue weighted by Gasteiger charge is 2.33. The van der Waals surface area contributed by atoms with Crippen LogP contribution in [0, 0.1) is 5.41 Å². The zero-order valence-electron chi connectivity index (χ0n) is 14.5. The van der Waals surface area contributed by atoms with Gasteiger partial charge in [0.15, 0.2) is 0 Å². The van der Waals surface area contributed by atoms with E-state index in [4.69, 9.17) is 25.6 Å². The zero-order chi connectivity index (χ0) is 17.7. The average Bonchev–Trinajstić information content (AvgIpc) is 2.54. The molecule has 0 amide bonds. The number of nitrogens with one attached hydrogen (secondary N) is 1. The molecule has 24 heavy (non-hydrogen) atoms. The molecule has 1 aromatic carbocycles. The highest BCUT2D eigenvalue weighted by Crippen LogP contribution is 2.22. The Kier molecular flexibility index (Phi) is 6.32. The van der Waals surface area contributed by atoms with Gasteiger partial charge in [-0.2, -0.15) is 0 Å². The fourth-order valence-electron chi connectivity index (χ4n) is 2.27. The second-order valence-corrected chi connectivity index (χ2v) is 6.91. The molecular formula is C17H23BClNO4. The molecule has 5 nitrogen and oxygen atoms in total. The van der Waals surface area contributed by atoms with E-state index < -0.39 is 5.97 Å². The second-order valence-electron chi connectivity index (χ2n) is 6.53. The highest BCUT2D eigenvalue weighted by atomic mass is 35.5. The van der Waals surface area contributed by atoms with Gasteiger partial charge in [0.25, 0.3) is 0 Å². The first-order valence-electron chi connectivity index (χ1n) is 7.96. The van der Waals surface area contributed by atoms with Crippen molar-refractivity contribution in [2.24, 2.45) is 5.41 Å². The molecule has 0 bridgehead atoms. The standard InChI is InChI=1S/C17H23BClNO4/c1-5-22-16(21)15(19)12(2)20-14-8-6-7-13(9-14)18-23-10-17(3,4)11-24-18/h6-9,20H,5,10-11H2,1-4H3. The van der Waals surface area contributed by atoms with Crippen LogP contribution < -0.4 is 10.8 Å². The van der Waals surface area contributed by atoms with E-state index in [1.807, 2.05) is 24.3 Å². The van der Waals surface area contributed by atoms with Gasteiger partial charge in [0.1, 0.15) is 5.03 Å². The number of rotatable bonds is 5. The maximum Gasteiger partial charge on any atom is 0.493 e. The van der Waals surface area contributed by atoms with Crippen molar-refractivity contribution < 1.29 is 18.8 Å². The number of carbonyl (C=O) groups excluding carboxylic acids is 1. The maximum absolute atomic E-state index is 11.7. The third kappa shape index (κ3) is 5.00. The van der Waals surface area contributed by atoms with E-state index in [1.54, 1.807) is 13.8 Å². The summed E-state index contributed by atoms with van der Waals surface area (Å²) in [4.78, 5) is 11.7. The Morgan fingerprint density at radius 2 is 2.04 bits per heavy atom. The smallest absolute Gasteiger partial charge is 0.462 e. The van der Waals surface area contributed by atoms with Crippen molar-refractivity contribution >= 4 is 35.8 Å². The maximum atomic E-state index is 11.7. The summed E-state index contributed by atoms with van der Waals surface area (Å²) in [6.45, 7) is 9.23. The molecule has 0 radical (unpaired) electrons. The summed E-state index contributed by atoms with van der Waals surface area (Å²) >= 11 is 6.02. The van der Waals surface area contributed by atoms with Gasteiger partial charge in [-0.05, 0) is 31.4 Å². The Labute approximate surface area is 148 Å². The van der Waals surface area contributed by atoms with Crippen LogP contribution in [-0.4, -0.2) is 32.9 Å². The van der Waals surface area contributed by atoms with Crippen molar-refractivity contribution in [1.82, 2.24) is 0 Å². The fraction of sp³-hybridized carbons (Fsp3) is 0.471. The van der Waals surface area contributed by atoms with E-state index in [-0.39, 0.29) is 24.2 Å². The number of anilines is 1. The Morgan fingerprint density at radius 3 is 2.67 bits per heavy atom. The van der Waals surface area contributed by atoms with Gasteiger partial charge in [0.05, 0.1) is 6.61 Å². The molecule has 1 aliphatic rings. The summed E-state index contributed by atoms with van der Waals surface area (Å²) < 4.78 is 16.5. The minimum atomic E-state index is -0.540. The summed E-state index contributed by atoms with van der Waals surface area (Å²) in [5.41, 5.74) is 2.26. The molecule has 130 valence electrons. The molecule has 0 atom stereocenters. The average molecular weight is 352 g/mol. The summed E-state index contributed by atoms with van der Waals surface area (Å²) in [5.74, 6) is -0.540. The van der Waals surface area contributed by atoms with Crippen molar-refractivity contribution in [2.75, 3.05) is 25.1 Å². The lowest BCUT2D eigenvalue weighted by atomic mass is 9.76. The van der Waals surface area contributed by atoms with Crippen LogP contribution in [0.1, 0.15) is 27.7 Å². The monoisotopic (exact) mass is 351 g/mol. The molecule has 7 heteroatoms. The molecule has 0 spiro atoms. The van der Waals surface area contributed by atoms with Crippen molar-refractivity contribution in [3.8, 4) is 0 Å². The van der Waals surface area contributed by atoms with Gasteiger partial charge < -0.3 is 19.4 Å². The minimum absolute atomic E-state index is 0.0266. The fourth-order valence-corrected chi connectivity index (χ4v) is 2.37. The molecule has 1 saturated heterocycles. The third-order valence-corrected chi connectivity index (χ3v) is 3.96. The van der Waals surface area contributed by atoms with Crippen molar-refractivity contribution in [3.63, 3.8) is 0 Å². The molecule has 1 aliphatic heterocycles. The number of hydrogen-bond acceptors (Lipinski definition) is 5. The first-order chi connectivity index (χ1) is 11.3. The lowest BCUT2D eigenvalue weighted by Gasteiger charge is -2.33. The van der Waals surface area contributed by atoms with Gasteiger partial charge in [0.2, 0.25) is 0 Å². The lowest BCUT2D eigenvalue weighted by molar-refractivity contribution is -0.137.